The molecule has 1 aliphatic heterocycles. The summed E-state index contributed by atoms with van der Waals surface area (Å²) in [4.78, 5) is 13.6. The van der Waals surface area contributed by atoms with Crippen LogP contribution in [0.2, 0.25) is 0 Å². The number of sulfone groups is 1. The highest BCUT2D eigenvalue weighted by molar-refractivity contribution is 7.93. The Hall–Kier alpha value is -1.63. The largest absolute Gasteiger partial charge is 0.398 e. The minimum Gasteiger partial charge on any atom is -0.398 e. The lowest BCUT2D eigenvalue weighted by Crippen LogP contribution is -2.44. The molecule has 1 unspecified atom stereocenters. The molecule has 1 amide bonds. The molecule has 116 valence electrons. The average Bonchev–Trinajstić information content (AvgIpc) is 2.49. The number of carbonyl (C=O) groups is 1. The smallest absolute Gasteiger partial charge is 0.241 e. The molecule has 5 nitrogen and oxygen atoms in total. The van der Waals surface area contributed by atoms with Crippen LogP contribution in [0, 0.1) is 5.82 Å². The minimum absolute atomic E-state index is 0.0466. The zero-order valence-electron chi connectivity index (χ0n) is 11.9. The van der Waals surface area contributed by atoms with Gasteiger partial charge < -0.3 is 10.6 Å². The highest BCUT2D eigenvalue weighted by atomic mass is 32.2. The van der Waals surface area contributed by atoms with E-state index in [2.05, 4.69) is 0 Å². The van der Waals surface area contributed by atoms with E-state index in [1.54, 1.807) is 4.90 Å². The second kappa shape index (κ2) is 6.01. The predicted molar refractivity (Wildman–Crippen MR) is 77.9 cm³/mol. The number of carbonyl (C=O) groups excluding carboxylic acids is 1. The van der Waals surface area contributed by atoms with Gasteiger partial charge in [0, 0.05) is 13.1 Å². The number of nitrogen functional groups attached to an aromatic ring is 1. The van der Waals surface area contributed by atoms with Gasteiger partial charge in [0.05, 0.1) is 10.6 Å². The van der Waals surface area contributed by atoms with Crippen molar-refractivity contribution in [3.63, 3.8) is 0 Å². The van der Waals surface area contributed by atoms with Crippen LogP contribution in [-0.4, -0.2) is 37.6 Å². The topological polar surface area (TPSA) is 80.5 Å². The lowest BCUT2D eigenvalue weighted by Gasteiger charge is -2.29. The average molecular weight is 314 g/mol. The summed E-state index contributed by atoms with van der Waals surface area (Å²) in [5.41, 5.74) is 5.57. The van der Waals surface area contributed by atoms with Crippen LogP contribution < -0.4 is 5.73 Å². The molecule has 0 aliphatic carbocycles. The maximum atomic E-state index is 13.3. The fourth-order valence-corrected chi connectivity index (χ4v) is 3.92. The Morgan fingerprint density at radius 3 is 2.52 bits per heavy atom. The van der Waals surface area contributed by atoms with E-state index in [1.165, 1.54) is 13.0 Å². The molecule has 1 aliphatic rings. The second-order valence-corrected chi connectivity index (χ2v) is 7.49. The highest BCUT2D eigenvalue weighted by Crippen LogP contribution is 2.25. The van der Waals surface area contributed by atoms with E-state index >= 15 is 0 Å². The van der Waals surface area contributed by atoms with E-state index in [9.17, 15) is 17.6 Å². The van der Waals surface area contributed by atoms with Crippen molar-refractivity contribution in [3.05, 3.63) is 24.0 Å². The second-order valence-electron chi connectivity index (χ2n) is 5.26. The van der Waals surface area contributed by atoms with Crippen LogP contribution in [-0.2, 0) is 14.6 Å². The Bertz CT molecular complexity index is 640. The molecular formula is C14H19FN2O3S. The molecule has 0 bridgehead atoms. The Balaban J connectivity index is 2.29. The summed E-state index contributed by atoms with van der Waals surface area (Å²) in [6.45, 7) is 2.46. The Morgan fingerprint density at radius 1 is 1.29 bits per heavy atom. The summed E-state index contributed by atoms with van der Waals surface area (Å²) in [6, 6.07) is 3.15. The van der Waals surface area contributed by atoms with Crippen LogP contribution in [0.5, 0.6) is 0 Å². The lowest BCUT2D eigenvalue weighted by atomic mass is 10.1. The number of anilines is 1. The summed E-state index contributed by atoms with van der Waals surface area (Å²) < 4.78 is 38.3. The van der Waals surface area contributed by atoms with Gasteiger partial charge in [-0.25, -0.2) is 12.8 Å². The van der Waals surface area contributed by atoms with E-state index in [1.807, 2.05) is 0 Å². The molecule has 1 aromatic carbocycles. The predicted octanol–water partition coefficient (Wildman–Crippen LogP) is 1.58. The van der Waals surface area contributed by atoms with Crippen LogP contribution in [0.15, 0.2) is 23.1 Å². The van der Waals surface area contributed by atoms with Gasteiger partial charge in [-0.15, -0.1) is 0 Å². The third kappa shape index (κ3) is 3.18. The first-order valence-corrected chi connectivity index (χ1v) is 8.46. The number of rotatable bonds is 3. The molecular weight excluding hydrogens is 295 g/mol. The maximum absolute atomic E-state index is 13.3. The van der Waals surface area contributed by atoms with Gasteiger partial charge in [-0.3, -0.25) is 4.79 Å². The number of amides is 1. The first-order valence-electron chi connectivity index (χ1n) is 6.92. The molecule has 1 fully saturated rings. The fourth-order valence-electron chi connectivity index (χ4n) is 2.45. The molecule has 21 heavy (non-hydrogen) atoms. The van der Waals surface area contributed by atoms with Gasteiger partial charge >= 0.3 is 0 Å². The van der Waals surface area contributed by atoms with E-state index in [4.69, 9.17) is 5.73 Å². The van der Waals surface area contributed by atoms with Gasteiger partial charge in [0.15, 0.2) is 9.84 Å². The summed E-state index contributed by atoms with van der Waals surface area (Å²) in [7, 11) is -4.00. The van der Waals surface area contributed by atoms with Crippen molar-refractivity contribution in [1.82, 2.24) is 4.90 Å². The summed E-state index contributed by atoms with van der Waals surface area (Å²) in [6.07, 6.45) is 2.79. The molecule has 1 heterocycles. The summed E-state index contributed by atoms with van der Waals surface area (Å²) in [5.74, 6) is -1.14. The maximum Gasteiger partial charge on any atom is 0.241 e. The van der Waals surface area contributed by atoms with Crippen molar-refractivity contribution in [1.29, 1.82) is 0 Å². The summed E-state index contributed by atoms with van der Waals surface area (Å²) in [5, 5.41) is -1.26. The van der Waals surface area contributed by atoms with Gasteiger partial charge in [0.2, 0.25) is 5.91 Å². The standard InChI is InChI=1S/C14H19FN2O3S/c1-10(14(18)17-7-3-2-4-8-17)21(19,20)13-9-11(15)5-6-12(13)16/h5-6,9-10H,2-4,7-8,16H2,1H3. The van der Waals surface area contributed by atoms with Crippen molar-refractivity contribution in [2.75, 3.05) is 18.8 Å². The lowest BCUT2D eigenvalue weighted by molar-refractivity contribution is -0.131. The van der Waals surface area contributed by atoms with Gasteiger partial charge in [-0.05, 0) is 44.4 Å². The van der Waals surface area contributed by atoms with E-state index in [0.717, 1.165) is 31.4 Å². The van der Waals surface area contributed by atoms with Gasteiger partial charge in [-0.1, -0.05) is 0 Å². The first kappa shape index (κ1) is 15.8. The molecule has 7 heteroatoms. The number of likely N-dealkylation sites (tertiary alicyclic amines) is 1. The number of nitrogens with zero attached hydrogens (tertiary/aromatic N) is 1. The molecule has 2 N–H and O–H groups in total. The van der Waals surface area contributed by atoms with Crippen molar-refractivity contribution in [3.8, 4) is 0 Å². The van der Waals surface area contributed by atoms with Gasteiger partial charge in [-0.2, -0.15) is 0 Å². The van der Waals surface area contributed by atoms with Crippen LogP contribution in [0.25, 0.3) is 0 Å². The Kier molecular flexibility index (Phi) is 4.51. The zero-order valence-corrected chi connectivity index (χ0v) is 12.7. The highest BCUT2D eigenvalue weighted by Gasteiger charge is 2.34. The third-order valence-corrected chi connectivity index (χ3v) is 5.86. The third-order valence-electron chi connectivity index (χ3n) is 3.76. The molecule has 2 rings (SSSR count). The minimum atomic E-state index is -4.00. The SMILES string of the molecule is CC(C(=O)N1CCCCC1)S(=O)(=O)c1cc(F)ccc1N. The van der Waals surface area contributed by atoms with Crippen molar-refractivity contribution >= 4 is 21.4 Å². The molecule has 1 atom stereocenters. The van der Waals surface area contributed by atoms with E-state index in [-0.39, 0.29) is 10.6 Å². The molecule has 1 saturated heterocycles. The quantitative estimate of drug-likeness (QED) is 0.859. The fraction of sp³-hybridized carbons (Fsp3) is 0.500. The number of hydrogen-bond donors (Lipinski definition) is 1. The molecule has 0 radical (unpaired) electrons. The Morgan fingerprint density at radius 2 is 1.90 bits per heavy atom. The van der Waals surface area contributed by atoms with Gasteiger partial charge in [0.25, 0.3) is 0 Å². The van der Waals surface area contributed by atoms with Crippen LogP contribution in [0.3, 0.4) is 0 Å². The summed E-state index contributed by atoms with van der Waals surface area (Å²) >= 11 is 0. The normalized spacial score (nSPS) is 17.5. The molecule has 0 spiro atoms. The molecule has 1 aromatic rings. The van der Waals surface area contributed by atoms with Gasteiger partial charge in [0.1, 0.15) is 11.1 Å². The number of halogens is 1. The number of nitrogens with two attached hydrogens (primary N) is 1. The number of benzene rings is 1. The number of hydrogen-bond acceptors (Lipinski definition) is 4. The van der Waals surface area contributed by atoms with E-state index < -0.39 is 26.8 Å². The van der Waals surface area contributed by atoms with Crippen molar-refractivity contribution in [2.24, 2.45) is 0 Å². The van der Waals surface area contributed by atoms with Crippen LogP contribution in [0.1, 0.15) is 26.2 Å². The number of piperidine rings is 1. The van der Waals surface area contributed by atoms with Crippen molar-refractivity contribution in [2.45, 2.75) is 36.3 Å². The molecule has 0 aromatic heterocycles. The molecule has 0 saturated carbocycles. The van der Waals surface area contributed by atoms with Crippen molar-refractivity contribution < 1.29 is 17.6 Å². The van der Waals surface area contributed by atoms with E-state index in [0.29, 0.717) is 13.1 Å². The van der Waals surface area contributed by atoms with Crippen LogP contribution >= 0.6 is 0 Å². The Labute approximate surface area is 123 Å². The monoisotopic (exact) mass is 314 g/mol. The zero-order chi connectivity index (χ0) is 15.6. The van der Waals surface area contributed by atoms with Crippen LogP contribution in [0.4, 0.5) is 10.1 Å². The first-order chi connectivity index (χ1) is 9.84.